The summed E-state index contributed by atoms with van der Waals surface area (Å²) in [6.45, 7) is 12.2. The van der Waals surface area contributed by atoms with Gasteiger partial charge in [0.05, 0.1) is 6.42 Å². The second kappa shape index (κ2) is 5.91. The van der Waals surface area contributed by atoms with Gasteiger partial charge in [-0.1, -0.05) is 53.7 Å². The summed E-state index contributed by atoms with van der Waals surface area (Å²) in [5, 5.41) is 19.2. The number of hydrogen-bond acceptors (Lipinski definition) is 3. The molecule has 0 aliphatic carbocycles. The SMILES string of the molecule is CC(C)(C)c1cc(C(S)CC(=O)O)cc(C(C)(C)C)c1O. The Hall–Kier alpha value is -1.16. The topological polar surface area (TPSA) is 57.5 Å². The fraction of sp³-hybridized carbons (Fsp3) is 0.588. The first-order valence-corrected chi connectivity index (χ1v) is 7.63. The van der Waals surface area contributed by atoms with Crippen molar-refractivity contribution >= 4 is 18.6 Å². The third-order valence-corrected chi connectivity index (χ3v) is 3.98. The number of aliphatic carboxylic acids is 1. The van der Waals surface area contributed by atoms with Crippen LogP contribution in [0, 0.1) is 0 Å². The molecule has 118 valence electrons. The van der Waals surface area contributed by atoms with Crippen LogP contribution in [-0.4, -0.2) is 16.2 Å². The Morgan fingerprint density at radius 3 is 1.76 bits per heavy atom. The summed E-state index contributed by atoms with van der Waals surface area (Å²) in [7, 11) is 0. The molecule has 0 aliphatic heterocycles. The Morgan fingerprint density at radius 2 is 1.48 bits per heavy atom. The van der Waals surface area contributed by atoms with Gasteiger partial charge < -0.3 is 10.2 Å². The van der Waals surface area contributed by atoms with Gasteiger partial charge in [-0.3, -0.25) is 4.79 Å². The number of phenolic OH excluding ortho intramolecular Hbond substituents is 1. The average Bonchev–Trinajstić information content (AvgIpc) is 2.24. The molecule has 2 N–H and O–H groups in total. The predicted octanol–water partition coefficient (Wildman–Crippen LogP) is 4.43. The monoisotopic (exact) mass is 310 g/mol. The van der Waals surface area contributed by atoms with Crippen molar-refractivity contribution in [3.05, 3.63) is 28.8 Å². The van der Waals surface area contributed by atoms with Gasteiger partial charge in [0.15, 0.2) is 0 Å². The number of benzene rings is 1. The highest BCUT2D eigenvalue weighted by atomic mass is 32.1. The van der Waals surface area contributed by atoms with E-state index >= 15 is 0 Å². The molecule has 0 amide bonds. The summed E-state index contributed by atoms with van der Waals surface area (Å²) in [6, 6.07) is 3.76. The smallest absolute Gasteiger partial charge is 0.304 e. The molecule has 1 rings (SSSR count). The van der Waals surface area contributed by atoms with E-state index in [1.54, 1.807) is 0 Å². The molecule has 1 unspecified atom stereocenters. The molecule has 0 heterocycles. The summed E-state index contributed by atoms with van der Waals surface area (Å²) in [5.41, 5.74) is 2.05. The van der Waals surface area contributed by atoms with E-state index in [2.05, 4.69) is 12.6 Å². The molecular weight excluding hydrogens is 284 g/mol. The lowest BCUT2D eigenvalue weighted by Gasteiger charge is -2.29. The molecule has 1 aromatic carbocycles. The Balaban J connectivity index is 3.51. The van der Waals surface area contributed by atoms with Crippen LogP contribution in [0.1, 0.15) is 69.9 Å². The molecule has 0 saturated heterocycles. The van der Waals surface area contributed by atoms with Crippen molar-refractivity contribution < 1.29 is 15.0 Å². The summed E-state index contributed by atoms with van der Waals surface area (Å²) >= 11 is 4.42. The molecule has 0 aliphatic rings. The Bertz CT molecular complexity index is 501. The summed E-state index contributed by atoms with van der Waals surface area (Å²) in [6.07, 6.45) is -0.0406. The van der Waals surface area contributed by atoms with Gasteiger partial charge in [0.1, 0.15) is 5.75 Å². The van der Waals surface area contributed by atoms with Crippen molar-refractivity contribution in [1.29, 1.82) is 0 Å². The zero-order valence-corrected chi connectivity index (χ0v) is 14.6. The maximum absolute atomic E-state index is 10.9. The molecule has 0 bridgehead atoms. The van der Waals surface area contributed by atoms with Gasteiger partial charge in [-0.25, -0.2) is 0 Å². The van der Waals surface area contributed by atoms with Crippen LogP contribution in [0.5, 0.6) is 5.75 Å². The lowest BCUT2D eigenvalue weighted by Crippen LogP contribution is -2.18. The molecule has 0 fully saturated rings. The molecule has 3 nitrogen and oxygen atoms in total. The van der Waals surface area contributed by atoms with Crippen LogP contribution in [0.25, 0.3) is 0 Å². The normalized spacial score (nSPS) is 14.0. The first-order valence-electron chi connectivity index (χ1n) is 7.11. The molecule has 0 spiro atoms. The van der Waals surface area contributed by atoms with Gasteiger partial charge in [0.2, 0.25) is 0 Å². The zero-order valence-electron chi connectivity index (χ0n) is 13.7. The number of thiol groups is 1. The summed E-state index contributed by atoms with van der Waals surface area (Å²) in [4.78, 5) is 10.9. The van der Waals surface area contributed by atoms with Crippen LogP contribution in [0.4, 0.5) is 0 Å². The quantitative estimate of drug-likeness (QED) is 0.724. The van der Waals surface area contributed by atoms with Crippen molar-refractivity contribution in [2.24, 2.45) is 0 Å². The van der Waals surface area contributed by atoms with Gasteiger partial charge in [0.25, 0.3) is 0 Å². The molecule has 0 aromatic heterocycles. The Labute approximate surface area is 132 Å². The predicted molar refractivity (Wildman–Crippen MR) is 89.5 cm³/mol. The van der Waals surface area contributed by atoms with Crippen LogP contribution in [0.2, 0.25) is 0 Å². The lowest BCUT2D eigenvalue weighted by molar-refractivity contribution is -0.137. The Kier molecular flexibility index (Phi) is 5.04. The van der Waals surface area contributed by atoms with Crippen LogP contribution in [-0.2, 0) is 15.6 Å². The number of hydrogen-bond donors (Lipinski definition) is 3. The lowest BCUT2D eigenvalue weighted by atomic mass is 9.78. The number of carboxylic acid groups (broad SMARTS) is 1. The van der Waals surface area contributed by atoms with E-state index in [0.29, 0.717) is 5.75 Å². The highest BCUT2D eigenvalue weighted by Gasteiger charge is 2.27. The van der Waals surface area contributed by atoms with Crippen molar-refractivity contribution in [3.8, 4) is 5.75 Å². The van der Waals surface area contributed by atoms with Crippen molar-refractivity contribution in [3.63, 3.8) is 0 Å². The minimum absolute atomic E-state index is 0.0406. The van der Waals surface area contributed by atoms with E-state index in [4.69, 9.17) is 5.11 Å². The van der Waals surface area contributed by atoms with Gasteiger partial charge in [-0.15, -0.1) is 0 Å². The number of aromatic hydroxyl groups is 1. The third kappa shape index (κ3) is 4.40. The van der Waals surface area contributed by atoms with Crippen LogP contribution in [0.3, 0.4) is 0 Å². The van der Waals surface area contributed by atoms with E-state index in [-0.39, 0.29) is 22.5 Å². The largest absolute Gasteiger partial charge is 0.507 e. The molecule has 4 heteroatoms. The molecule has 1 aromatic rings. The second-order valence-corrected chi connectivity index (χ2v) is 8.20. The van der Waals surface area contributed by atoms with Gasteiger partial charge in [-0.05, 0) is 27.5 Å². The first-order chi connectivity index (χ1) is 9.34. The first kappa shape index (κ1) is 17.9. The molecule has 0 saturated carbocycles. The van der Waals surface area contributed by atoms with Crippen molar-refractivity contribution in [1.82, 2.24) is 0 Å². The summed E-state index contributed by atoms with van der Waals surface area (Å²) < 4.78 is 0. The van der Waals surface area contributed by atoms with E-state index in [1.165, 1.54) is 0 Å². The number of carboxylic acids is 1. The minimum atomic E-state index is -0.877. The maximum atomic E-state index is 10.9. The van der Waals surface area contributed by atoms with Crippen molar-refractivity contribution in [2.45, 2.75) is 64.0 Å². The fourth-order valence-electron chi connectivity index (χ4n) is 2.28. The van der Waals surface area contributed by atoms with Crippen LogP contribution in [0.15, 0.2) is 12.1 Å². The minimum Gasteiger partial charge on any atom is -0.507 e. The molecule has 21 heavy (non-hydrogen) atoms. The molecular formula is C17H26O3S. The van der Waals surface area contributed by atoms with E-state index in [9.17, 15) is 9.90 Å². The fourth-order valence-corrected chi connectivity index (χ4v) is 2.58. The van der Waals surface area contributed by atoms with Crippen molar-refractivity contribution in [2.75, 3.05) is 0 Å². The second-order valence-electron chi connectivity index (χ2n) is 7.58. The number of phenols is 1. The molecule has 0 radical (unpaired) electrons. The van der Waals surface area contributed by atoms with Crippen LogP contribution < -0.4 is 0 Å². The highest BCUT2D eigenvalue weighted by Crippen LogP contribution is 2.42. The maximum Gasteiger partial charge on any atom is 0.304 e. The van der Waals surface area contributed by atoms with E-state index < -0.39 is 5.97 Å². The number of rotatable bonds is 3. The average molecular weight is 310 g/mol. The number of carbonyl (C=O) groups is 1. The zero-order chi connectivity index (χ0) is 16.6. The van der Waals surface area contributed by atoms with Gasteiger partial charge >= 0.3 is 5.97 Å². The summed E-state index contributed by atoms with van der Waals surface area (Å²) in [5.74, 6) is -0.577. The van der Waals surface area contributed by atoms with Crippen LogP contribution >= 0.6 is 12.6 Å². The van der Waals surface area contributed by atoms with E-state index in [0.717, 1.165) is 16.7 Å². The highest BCUT2D eigenvalue weighted by molar-refractivity contribution is 7.80. The standard InChI is InChI=1S/C17H26O3S/c1-16(2,3)11-7-10(13(21)9-14(18)19)8-12(15(11)20)17(4,5)6/h7-8,13,20-21H,9H2,1-6H3,(H,18,19). The third-order valence-electron chi connectivity index (χ3n) is 3.50. The van der Waals surface area contributed by atoms with Gasteiger partial charge in [0, 0.05) is 5.25 Å². The Morgan fingerprint density at radius 1 is 1.10 bits per heavy atom. The van der Waals surface area contributed by atoms with Gasteiger partial charge in [-0.2, -0.15) is 12.6 Å². The van der Waals surface area contributed by atoms with E-state index in [1.807, 2.05) is 53.7 Å². The molecule has 1 atom stereocenters.